The van der Waals surface area contributed by atoms with Gasteiger partial charge in [-0.1, -0.05) is 12.1 Å². The lowest BCUT2D eigenvalue weighted by atomic mass is 10.1. The van der Waals surface area contributed by atoms with Gasteiger partial charge in [0.15, 0.2) is 17.0 Å². The fourth-order valence-corrected chi connectivity index (χ4v) is 6.17. The van der Waals surface area contributed by atoms with E-state index < -0.39 is 17.2 Å². The van der Waals surface area contributed by atoms with E-state index in [0.29, 0.717) is 56.7 Å². The van der Waals surface area contributed by atoms with Crippen molar-refractivity contribution < 1.29 is 14.3 Å². The summed E-state index contributed by atoms with van der Waals surface area (Å²) in [6, 6.07) is 7.97. The number of likely N-dealkylation sites (N-methyl/N-ethyl adjacent to an activating group) is 1. The van der Waals surface area contributed by atoms with Gasteiger partial charge in [-0.05, 0) is 45.9 Å². The fourth-order valence-electron chi connectivity index (χ4n) is 6.17. The number of para-hydroxylation sites is 1. The number of benzene rings is 1. The number of ether oxygens (including phenoxy) is 2. The van der Waals surface area contributed by atoms with Crippen molar-refractivity contribution in [1.29, 1.82) is 0 Å². The second-order valence-electron chi connectivity index (χ2n) is 11.0. The van der Waals surface area contributed by atoms with Crippen LogP contribution in [0.15, 0.2) is 33.9 Å². The van der Waals surface area contributed by atoms with Gasteiger partial charge in [-0.15, -0.1) is 0 Å². The molecule has 1 unspecified atom stereocenters. The Bertz CT molecular complexity index is 1790. The van der Waals surface area contributed by atoms with Crippen molar-refractivity contribution >= 4 is 39.8 Å². The number of fused-ring (bicyclic) bond motifs is 2. The van der Waals surface area contributed by atoms with Gasteiger partial charge in [0.25, 0.3) is 5.56 Å². The molecule has 2 fully saturated rings. The van der Waals surface area contributed by atoms with Crippen molar-refractivity contribution in [2.75, 3.05) is 62.8 Å². The van der Waals surface area contributed by atoms with Crippen molar-refractivity contribution in [2.45, 2.75) is 52.4 Å². The van der Waals surface area contributed by atoms with Crippen molar-refractivity contribution in [2.24, 2.45) is 0 Å². The number of carbonyl (C=O) groups excluding carboxylic acids is 1. The molecule has 2 saturated heterocycles. The highest BCUT2D eigenvalue weighted by Gasteiger charge is 2.28. The van der Waals surface area contributed by atoms with Crippen LogP contribution in [0.5, 0.6) is 0 Å². The molecule has 0 aliphatic carbocycles. The van der Waals surface area contributed by atoms with Crippen LogP contribution in [0.2, 0.25) is 0 Å². The first-order valence-electron chi connectivity index (χ1n) is 15.3. The van der Waals surface area contributed by atoms with Gasteiger partial charge in [0.1, 0.15) is 12.4 Å². The highest BCUT2D eigenvalue weighted by molar-refractivity contribution is 5.89. The first-order valence-corrected chi connectivity index (χ1v) is 15.3. The van der Waals surface area contributed by atoms with Gasteiger partial charge in [-0.3, -0.25) is 18.7 Å². The van der Waals surface area contributed by atoms with Crippen LogP contribution in [0.25, 0.3) is 22.1 Å². The Kier molecular flexibility index (Phi) is 8.62. The highest BCUT2D eigenvalue weighted by Crippen LogP contribution is 2.26. The molecule has 234 valence electrons. The molecule has 1 aromatic carbocycles. The third kappa shape index (κ3) is 5.54. The molecule has 2 aliphatic heterocycles. The predicted molar refractivity (Wildman–Crippen MR) is 167 cm³/mol. The van der Waals surface area contributed by atoms with Crippen molar-refractivity contribution in [1.82, 2.24) is 34.0 Å². The number of nitrogens with one attached hydrogen (secondary N) is 1. The maximum absolute atomic E-state index is 14.2. The van der Waals surface area contributed by atoms with Gasteiger partial charge in [-0.25, -0.2) is 14.8 Å². The van der Waals surface area contributed by atoms with Crippen LogP contribution < -0.4 is 26.4 Å². The number of esters is 1. The van der Waals surface area contributed by atoms with Crippen LogP contribution in [0.3, 0.4) is 0 Å². The summed E-state index contributed by atoms with van der Waals surface area (Å²) in [7, 11) is 1.94. The molecule has 44 heavy (non-hydrogen) atoms. The van der Waals surface area contributed by atoms with E-state index in [0.717, 1.165) is 35.2 Å². The van der Waals surface area contributed by atoms with Gasteiger partial charge in [0.2, 0.25) is 5.95 Å². The largest absolute Gasteiger partial charge is 0.465 e. The van der Waals surface area contributed by atoms with Gasteiger partial charge in [-0.2, -0.15) is 4.98 Å². The molecule has 1 atom stereocenters. The molecule has 1 N–H and O–H groups in total. The average Bonchev–Trinajstić information content (AvgIpc) is 3.45. The van der Waals surface area contributed by atoms with E-state index in [9.17, 15) is 14.4 Å². The number of nitrogens with zero attached hydrogens (tertiary/aromatic N) is 8. The molecule has 0 saturated carbocycles. The molecule has 3 aromatic heterocycles. The normalized spacial score (nSPS) is 17.5. The van der Waals surface area contributed by atoms with Crippen molar-refractivity contribution in [3.8, 4) is 0 Å². The summed E-state index contributed by atoms with van der Waals surface area (Å²) in [5, 5.41) is 4.22. The molecular weight excluding hydrogens is 566 g/mol. The number of carbonyl (C=O) groups is 1. The Morgan fingerprint density at radius 3 is 2.57 bits per heavy atom. The third-order valence-electron chi connectivity index (χ3n) is 8.36. The zero-order chi connectivity index (χ0) is 30.8. The van der Waals surface area contributed by atoms with E-state index in [1.807, 2.05) is 42.8 Å². The lowest BCUT2D eigenvalue weighted by molar-refractivity contribution is -0.143. The highest BCUT2D eigenvalue weighted by atomic mass is 16.5. The summed E-state index contributed by atoms with van der Waals surface area (Å²) in [5.74, 6) is 1.08. The minimum Gasteiger partial charge on any atom is -0.465 e. The van der Waals surface area contributed by atoms with E-state index in [1.165, 1.54) is 4.57 Å². The second kappa shape index (κ2) is 12.7. The zero-order valence-corrected chi connectivity index (χ0v) is 25.5. The number of hydrogen-bond acceptors (Lipinski definition) is 11. The third-order valence-corrected chi connectivity index (χ3v) is 8.36. The van der Waals surface area contributed by atoms with Gasteiger partial charge in [0.05, 0.1) is 31.9 Å². The molecule has 0 spiro atoms. The van der Waals surface area contributed by atoms with E-state index in [2.05, 4.69) is 15.1 Å². The zero-order valence-electron chi connectivity index (χ0n) is 25.5. The molecular formula is C30H39N9O5. The summed E-state index contributed by atoms with van der Waals surface area (Å²) in [4.78, 5) is 59.7. The van der Waals surface area contributed by atoms with Gasteiger partial charge >= 0.3 is 11.7 Å². The van der Waals surface area contributed by atoms with E-state index in [1.54, 1.807) is 6.92 Å². The van der Waals surface area contributed by atoms with Crippen LogP contribution in [0.1, 0.15) is 32.5 Å². The number of aryl methyl sites for hydroxylation is 1. The number of aromatic nitrogens is 6. The lowest BCUT2D eigenvalue weighted by Gasteiger charge is -2.33. The Morgan fingerprint density at radius 1 is 1.02 bits per heavy atom. The molecule has 0 bridgehead atoms. The monoisotopic (exact) mass is 605 g/mol. The summed E-state index contributed by atoms with van der Waals surface area (Å²) in [6.07, 6.45) is 2.00. The Morgan fingerprint density at radius 2 is 1.82 bits per heavy atom. The molecule has 0 amide bonds. The van der Waals surface area contributed by atoms with Crippen LogP contribution >= 0.6 is 0 Å². The molecule has 14 heteroatoms. The maximum Gasteiger partial charge on any atom is 0.333 e. The number of piperidine rings is 1. The molecule has 14 nitrogen and oxygen atoms in total. The summed E-state index contributed by atoms with van der Waals surface area (Å²) in [5.41, 5.74) is -0.0322. The van der Waals surface area contributed by atoms with Gasteiger partial charge in [0, 0.05) is 44.2 Å². The van der Waals surface area contributed by atoms with E-state index in [4.69, 9.17) is 24.4 Å². The van der Waals surface area contributed by atoms with E-state index >= 15 is 0 Å². The average molecular weight is 606 g/mol. The standard InChI is InChI=1S/C30H39N9O5/c1-4-37-25-27(34-29(37)36-12-8-9-20(17-36)31-3)38(19-24(40)44-5-2)30(42)39(28(25)41)18-23-32-22-11-7-6-10-21(22)26(33-23)35-13-15-43-16-14-35/h6-7,10-11,20,31H,4-5,8-9,12-19H2,1-3H3. The number of hydrogen-bond donors (Lipinski definition) is 1. The molecule has 6 rings (SSSR count). The number of imidazole rings is 1. The molecule has 2 aliphatic rings. The fraction of sp³-hybridized carbons (Fsp3) is 0.533. The number of rotatable bonds is 9. The SMILES string of the molecule is CCOC(=O)Cn1c(=O)n(Cc2nc(N3CCOCC3)c3ccccc3n2)c(=O)c2c1nc(N1CCCC(NC)C1)n2CC. The van der Waals surface area contributed by atoms with Crippen LogP contribution in [0.4, 0.5) is 11.8 Å². The molecule has 5 heterocycles. The lowest BCUT2D eigenvalue weighted by Crippen LogP contribution is -2.45. The van der Waals surface area contributed by atoms with Gasteiger partial charge < -0.3 is 29.2 Å². The first-order chi connectivity index (χ1) is 21.4. The molecule has 0 radical (unpaired) electrons. The van der Waals surface area contributed by atoms with Crippen LogP contribution in [-0.4, -0.2) is 93.7 Å². The Balaban J connectivity index is 1.51. The van der Waals surface area contributed by atoms with Crippen molar-refractivity contribution in [3.05, 3.63) is 50.9 Å². The van der Waals surface area contributed by atoms with Crippen molar-refractivity contribution in [3.63, 3.8) is 0 Å². The van der Waals surface area contributed by atoms with Crippen LogP contribution in [-0.2, 0) is 33.9 Å². The van der Waals surface area contributed by atoms with E-state index in [-0.39, 0.29) is 36.9 Å². The minimum absolute atomic E-state index is 0.166. The quantitative estimate of drug-likeness (QED) is 0.273. The Hall–Kier alpha value is -4.30. The number of anilines is 2. The number of morpholine rings is 1. The summed E-state index contributed by atoms with van der Waals surface area (Å²) < 4.78 is 14.9. The summed E-state index contributed by atoms with van der Waals surface area (Å²) >= 11 is 0. The topological polar surface area (TPSA) is 142 Å². The first kappa shape index (κ1) is 29.8. The second-order valence-corrected chi connectivity index (χ2v) is 11.0. The summed E-state index contributed by atoms with van der Waals surface area (Å²) in [6.45, 7) is 7.70. The Labute approximate surface area is 254 Å². The molecule has 4 aromatic rings. The van der Waals surface area contributed by atoms with Crippen LogP contribution in [0, 0.1) is 0 Å². The predicted octanol–water partition coefficient (Wildman–Crippen LogP) is 0.959. The maximum atomic E-state index is 14.2. The minimum atomic E-state index is -0.667. The smallest absolute Gasteiger partial charge is 0.333 e.